The van der Waals surface area contributed by atoms with E-state index in [1.54, 1.807) is 0 Å². The van der Waals surface area contributed by atoms with E-state index in [0.717, 1.165) is 6.42 Å². The number of hydrogen-bond acceptors (Lipinski definition) is 0. The van der Waals surface area contributed by atoms with E-state index in [9.17, 15) is 0 Å². The standard InChI is InChI=1S/C17H17/c1-2-3-6-13-11-12-15-8-4-7-14-9-5-10-16(13)17(14)15/h4-5,7-13H,1-3,6H2. The average Bonchev–Trinajstić information content (AvgIpc) is 2.39. The molecule has 1 unspecified atom stereocenters. The molecule has 0 heteroatoms. The van der Waals surface area contributed by atoms with Gasteiger partial charge in [-0.2, -0.15) is 0 Å². The molecule has 0 fully saturated rings. The van der Waals surface area contributed by atoms with Crippen LogP contribution < -0.4 is 0 Å². The lowest BCUT2D eigenvalue weighted by molar-refractivity contribution is 0.687. The van der Waals surface area contributed by atoms with Gasteiger partial charge in [-0.15, -0.1) is 0 Å². The van der Waals surface area contributed by atoms with Crippen molar-refractivity contribution in [2.45, 2.75) is 25.2 Å². The fourth-order valence-electron chi connectivity index (χ4n) is 2.79. The predicted octanol–water partition coefficient (Wildman–Crippen LogP) is 4.95. The van der Waals surface area contributed by atoms with Crippen LogP contribution in [0.3, 0.4) is 0 Å². The van der Waals surface area contributed by atoms with Gasteiger partial charge in [0.05, 0.1) is 0 Å². The number of allylic oxidation sites excluding steroid dienone is 1. The second-order valence-electron chi connectivity index (χ2n) is 4.75. The summed E-state index contributed by atoms with van der Waals surface area (Å²) in [6.45, 7) is 3.94. The zero-order valence-corrected chi connectivity index (χ0v) is 10.0. The third-order valence-electron chi connectivity index (χ3n) is 3.64. The van der Waals surface area contributed by atoms with E-state index < -0.39 is 0 Å². The third kappa shape index (κ3) is 1.78. The van der Waals surface area contributed by atoms with Crippen molar-refractivity contribution in [3.8, 4) is 0 Å². The van der Waals surface area contributed by atoms with Gasteiger partial charge in [0.15, 0.2) is 0 Å². The molecule has 0 amide bonds. The van der Waals surface area contributed by atoms with E-state index in [4.69, 9.17) is 0 Å². The van der Waals surface area contributed by atoms with Gasteiger partial charge in [-0.1, -0.05) is 68.3 Å². The first-order chi connectivity index (χ1) is 8.40. The van der Waals surface area contributed by atoms with E-state index in [2.05, 4.69) is 55.5 Å². The Hall–Kier alpha value is -1.56. The molecular weight excluding hydrogens is 204 g/mol. The molecule has 1 radical (unpaired) electrons. The summed E-state index contributed by atoms with van der Waals surface area (Å²) >= 11 is 0. The van der Waals surface area contributed by atoms with Gasteiger partial charge in [-0.3, -0.25) is 0 Å². The lowest BCUT2D eigenvalue weighted by Crippen LogP contribution is -2.01. The molecule has 0 spiro atoms. The summed E-state index contributed by atoms with van der Waals surface area (Å²) in [6, 6.07) is 13.2. The molecule has 1 atom stereocenters. The molecule has 17 heavy (non-hydrogen) atoms. The van der Waals surface area contributed by atoms with E-state index in [1.165, 1.54) is 34.7 Å². The van der Waals surface area contributed by atoms with Gasteiger partial charge in [0.25, 0.3) is 0 Å². The first-order valence-corrected chi connectivity index (χ1v) is 6.39. The van der Waals surface area contributed by atoms with Crippen molar-refractivity contribution in [2.24, 2.45) is 0 Å². The molecule has 1 aliphatic carbocycles. The van der Waals surface area contributed by atoms with Gasteiger partial charge in [0.1, 0.15) is 0 Å². The van der Waals surface area contributed by atoms with Crippen LogP contribution in [0.2, 0.25) is 0 Å². The Kier molecular flexibility index (Phi) is 2.72. The van der Waals surface area contributed by atoms with Gasteiger partial charge in [0, 0.05) is 5.92 Å². The summed E-state index contributed by atoms with van der Waals surface area (Å²) < 4.78 is 0. The third-order valence-corrected chi connectivity index (χ3v) is 3.64. The van der Waals surface area contributed by atoms with Crippen molar-refractivity contribution in [3.63, 3.8) is 0 Å². The number of benzene rings is 2. The van der Waals surface area contributed by atoms with Crippen LogP contribution >= 0.6 is 0 Å². The number of unbranched alkanes of at least 4 members (excludes halogenated alkanes) is 1. The fraction of sp³-hybridized carbons (Fsp3) is 0.235. The molecule has 85 valence electrons. The molecule has 3 rings (SSSR count). The Balaban J connectivity index is 2.13. The molecule has 0 aliphatic heterocycles. The minimum atomic E-state index is 0.579. The van der Waals surface area contributed by atoms with Gasteiger partial charge >= 0.3 is 0 Å². The highest BCUT2D eigenvalue weighted by Gasteiger charge is 2.16. The topological polar surface area (TPSA) is 0 Å². The van der Waals surface area contributed by atoms with Crippen molar-refractivity contribution in [3.05, 3.63) is 60.5 Å². The van der Waals surface area contributed by atoms with Gasteiger partial charge in [-0.05, 0) is 28.3 Å². The smallest absolute Gasteiger partial charge is 0.00276 e. The summed E-state index contributed by atoms with van der Waals surface area (Å²) in [6.07, 6.45) is 8.08. The highest BCUT2D eigenvalue weighted by atomic mass is 14.2. The first kappa shape index (κ1) is 10.6. The van der Waals surface area contributed by atoms with Crippen molar-refractivity contribution < 1.29 is 0 Å². The summed E-state index contributed by atoms with van der Waals surface area (Å²) in [4.78, 5) is 0. The summed E-state index contributed by atoms with van der Waals surface area (Å²) in [5.41, 5.74) is 2.86. The van der Waals surface area contributed by atoms with E-state index >= 15 is 0 Å². The van der Waals surface area contributed by atoms with Crippen LogP contribution in [0.25, 0.3) is 16.8 Å². The van der Waals surface area contributed by atoms with Gasteiger partial charge < -0.3 is 0 Å². The van der Waals surface area contributed by atoms with Crippen molar-refractivity contribution in [2.75, 3.05) is 0 Å². The Bertz CT molecular complexity index is 558. The molecule has 0 N–H and O–H groups in total. The molecule has 0 saturated carbocycles. The molecule has 0 heterocycles. The summed E-state index contributed by atoms with van der Waals surface area (Å²) in [5, 5.41) is 2.82. The van der Waals surface area contributed by atoms with Crippen LogP contribution in [0.5, 0.6) is 0 Å². The van der Waals surface area contributed by atoms with Crippen LogP contribution in [-0.4, -0.2) is 0 Å². The van der Waals surface area contributed by atoms with Gasteiger partial charge in [-0.25, -0.2) is 0 Å². The molecule has 2 aromatic rings. The summed E-state index contributed by atoms with van der Waals surface area (Å²) in [7, 11) is 0. The Labute approximate surface area is 103 Å². The highest BCUT2D eigenvalue weighted by molar-refractivity contribution is 5.95. The Morgan fingerprint density at radius 2 is 1.88 bits per heavy atom. The quantitative estimate of drug-likeness (QED) is 0.687. The second kappa shape index (κ2) is 4.37. The molecule has 1 aliphatic rings. The maximum absolute atomic E-state index is 3.94. The van der Waals surface area contributed by atoms with E-state index in [1.807, 2.05) is 0 Å². The zero-order chi connectivity index (χ0) is 11.7. The molecule has 0 bridgehead atoms. The molecule has 0 saturated heterocycles. The van der Waals surface area contributed by atoms with Crippen molar-refractivity contribution >= 4 is 16.8 Å². The largest absolute Gasteiger partial charge is 0.0764 e. The SMILES string of the molecule is [CH2]CCCC1C=Cc2cccc3cccc1c23. The van der Waals surface area contributed by atoms with E-state index in [-0.39, 0.29) is 0 Å². The first-order valence-electron chi connectivity index (χ1n) is 6.39. The maximum Gasteiger partial charge on any atom is 0.00276 e. The molecule has 0 aromatic heterocycles. The lowest BCUT2D eigenvalue weighted by atomic mass is 9.83. The summed E-state index contributed by atoms with van der Waals surface area (Å²) in [5.74, 6) is 0.579. The maximum atomic E-state index is 3.94. The Morgan fingerprint density at radius 3 is 2.71 bits per heavy atom. The lowest BCUT2D eigenvalue weighted by Gasteiger charge is -2.21. The highest BCUT2D eigenvalue weighted by Crippen LogP contribution is 2.36. The van der Waals surface area contributed by atoms with E-state index in [0.29, 0.717) is 5.92 Å². The van der Waals surface area contributed by atoms with Crippen LogP contribution in [0.1, 0.15) is 36.3 Å². The minimum Gasteiger partial charge on any atom is -0.0764 e. The molecule has 0 nitrogen and oxygen atoms in total. The Morgan fingerprint density at radius 1 is 1.06 bits per heavy atom. The normalized spacial score (nSPS) is 17.6. The monoisotopic (exact) mass is 221 g/mol. The van der Waals surface area contributed by atoms with Crippen molar-refractivity contribution in [1.29, 1.82) is 0 Å². The second-order valence-corrected chi connectivity index (χ2v) is 4.75. The predicted molar refractivity (Wildman–Crippen MR) is 74.9 cm³/mol. The molecular formula is C17H17. The number of hydrogen-bond donors (Lipinski definition) is 0. The average molecular weight is 221 g/mol. The van der Waals surface area contributed by atoms with Crippen LogP contribution in [0.15, 0.2) is 42.5 Å². The van der Waals surface area contributed by atoms with Gasteiger partial charge in [0.2, 0.25) is 0 Å². The zero-order valence-electron chi connectivity index (χ0n) is 10.0. The van der Waals surface area contributed by atoms with Crippen LogP contribution in [0, 0.1) is 6.92 Å². The fourth-order valence-corrected chi connectivity index (χ4v) is 2.79. The number of rotatable bonds is 3. The van der Waals surface area contributed by atoms with Crippen LogP contribution in [0.4, 0.5) is 0 Å². The van der Waals surface area contributed by atoms with Crippen molar-refractivity contribution in [1.82, 2.24) is 0 Å². The minimum absolute atomic E-state index is 0.579. The molecule has 2 aromatic carbocycles. The van der Waals surface area contributed by atoms with Crippen LogP contribution in [-0.2, 0) is 0 Å².